The number of aryl methyl sites for hydroxylation is 1. The van der Waals surface area contributed by atoms with Crippen molar-refractivity contribution in [1.82, 2.24) is 10.2 Å². The number of likely N-dealkylation sites (tertiary alicyclic amines) is 1. The first-order chi connectivity index (χ1) is 15.5. The standard InChI is InChI=1S/C25H31FN4O2/c1-29-12-6-7-18-15-19(10-11-22(18)29)23(30-13-3-2-4-14-30)17-27-24(31)25(32)28-21-9-5-8-20(26)16-21/h5,8-11,15-16,23H,2-4,6-7,12-14,17H2,1H3,(H,27,31)(H,28,32)/t23-/m0/s1. The number of anilines is 2. The predicted molar refractivity (Wildman–Crippen MR) is 124 cm³/mol. The molecule has 2 amide bonds. The van der Waals surface area contributed by atoms with E-state index in [1.54, 1.807) is 6.07 Å². The van der Waals surface area contributed by atoms with Gasteiger partial charge in [0.05, 0.1) is 6.04 Å². The van der Waals surface area contributed by atoms with Crippen LogP contribution in [0.15, 0.2) is 42.5 Å². The van der Waals surface area contributed by atoms with Crippen LogP contribution < -0.4 is 15.5 Å². The molecular weight excluding hydrogens is 407 g/mol. The van der Waals surface area contributed by atoms with Gasteiger partial charge in [0.15, 0.2) is 0 Å². The van der Waals surface area contributed by atoms with E-state index >= 15 is 0 Å². The normalized spacial score (nSPS) is 17.4. The van der Waals surface area contributed by atoms with Gasteiger partial charge in [-0.2, -0.15) is 0 Å². The van der Waals surface area contributed by atoms with Crippen LogP contribution >= 0.6 is 0 Å². The van der Waals surface area contributed by atoms with Gasteiger partial charge in [0, 0.05) is 31.5 Å². The zero-order chi connectivity index (χ0) is 22.5. The summed E-state index contributed by atoms with van der Waals surface area (Å²) >= 11 is 0. The number of carbonyl (C=O) groups is 2. The number of halogens is 1. The van der Waals surface area contributed by atoms with Crippen molar-refractivity contribution in [2.24, 2.45) is 0 Å². The highest BCUT2D eigenvalue weighted by Gasteiger charge is 2.26. The number of benzene rings is 2. The maximum absolute atomic E-state index is 13.4. The molecule has 0 bridgehead atoms. The molecule has 32 heavy (non-hydrogen) atoms. The Labute approximate surface area is 188 Å². The zero-order valence-electron chi connectivity index (χ0n) is 18.6. The number of amides is 2. The van der Waals surface area contributed by atoms with Gasteiger partial charge in [-0.1, -0.05) is 24.6 Å². The van der Waals surface area contributed by atoms with Gasteiger partial charge in [-0.05, 0) is 74.2 Å². The SMILES string of the molecule is CN1CCCc2cc([C@H](CNC(=O)C(=O)Nc3cccc(F)c3)N3CCCCC3)ccc21. The number of rotatable bonds is 5. The molecule has 1 saturated heterocycles. The van der Waals surface area contributed by atoms with Crippen molar-refractivity contribution in [3.05, 3.63) is 59.4 Å². The largest absolute Gasteiger partial charge is 0.374 e. The molecule has 1 atom stereocenters. The maximum Gasteiger partial charge on any atom is 0.313 e. The summed E-state index contributed by atoms with van der Waals surface area (Å²) in [4.78, 5) is 29.5. The fraction of sp³-hybridized carbons (Fsp3) is 0.440. The Hall–Kier alpha value is -2.93. The number of fused-ring (bicyclic) bond motifs is 1. The van der Waals surface area contributed by atoms with Crippen LogP contribution in [0, 0.1) is 5.82 Å². The minimum Gasteiger partial charge on any atom is -0.374 e. The molecule has 2 N–H and O–H groups in total. The molecule has 2 aromatic rings. The second kappa shape index (κ2) is 10.1. The number of nitrogens with one attached hydrogen (secondary N) is 2. The zero-order valence-corrected chi connectivity index (χ0v) is 18.6. The minimum absolute atomic E-state index is 0.0127. The maximum atomic E-state index is 13.4. The highest BCUT2D eigenvalue weighted by molar-refractivity contribution is 6.39. The molecule has 0 saturated carbocycles. The molecular formula is C25H31FN4O2. The van der Waals surface area contributed by atoms with E-state index in [9.17, 15) is 14.0 Å². The number of nitrogens with zero attached hydrogens (tertiary/aromatic N) is 2. The Morgan fingerprint density at radius 3 is 2.59 bits per heavy atom. The quantitative estimate of drug-likeness (QED) is 0.702. The Kier molecular flexibility index (Phi) is 7.05. The van der Waals surface area contributed by atoms with Crippen molar-refractivity contribution in [2.75, 3.05) is 43.4 Å². The molecule has 2 heterocycles. The summed E-state index contributed by atoms with van der Waals surface area (Å²) in [6, 6.07) is 12.1. The molecule has 2 aromatic carbocycles. The van der Waals surface area contributed by atoms with Crippen LogP contribution in [0.1, 0.15) is 42.9 Å². The first-order valence-corrected chi connectivity index (χ1v) is 11.4. The summed E-state index contributed by atoms with van der Waals surface area (Å²) in [5.74, 6) is -1.97. The minimum atomic E-state index is -0.792. The van der Waals surface area contributed by atoms with Gasteiger partial charge in [0.25, 0.3) is 0 Å². The molecule has 0 radical (unpaired) electrons. The molecule has 4 rings (SSSR count). The second-order valence-corrected chi connectivity index (χ2v) is 8.70. The third-order valence-electron chi connectivity index (χ3n) is 6.42. The van der Waals surface area contributed by atoms with Crippen LogP contribution in [0.25, 0.3) is 0 Å². The van der Waals surface area contributed by atoms with Crippen molar-refractivity contribution in [3.8, 4) is 0 Å². The second-order valence-electron chi connectivity index (χ2n) is 8.70. The highest BCUT2D eigenvalue weighted by atomic mass is 19.1. The van der Waals surface area contributed by atoms with Gasteiger partial charge in [0.2, 0.25) is 0 Å². The van der Waals surface area contributed by atoms with E-state index in [1.807, 2.05) is 0 Å². The van der Waals surface area contributed by atoms with Gasteiger partial charge in [-0.3, -0.25) is 14.5 Å². The van der Waals surface area contributed by atoms with E-state index in [-0.39, 0.29) is 11.7 Å². The summed E-state index contributed by atoms with van der Waals surface area (Å²) in [7, 11) is 2.12. The fourth-order valence-electron chi connectivity index (χ4n) is 4.72. The summed E-state index contributed by atoms with van der Waals surface area (Å²) in [6.45, 7) is 3.38. The summed E-state index contributed by atoms with van der Waals surface area (Å²) in [6.07, 6.45) is 5.69. The van der Waals surface area contributed by atoms with Crippen LogP contribution in [-0.2, 0) is 16.0 Å². The first kappa shape index (κ1) is 22.3. The Bertz CT molecular complexity index is 974. The third-order valence-corrected chi connectivity index (χ3v) is 6.42. The lowest BCUT2D eigenvalue weighted by atomic mass is 9.95. The number of piperidine rings is 1. The van der Waals surface area contributed by atoms with E-state index in [0.717, 1.165) is 45.3 Å². The monoisotopic (exact) mass is 438 g/mol. The lowest BCUT2D eigenvalue weighted by molar-refractivity contribution is -0.136. The van der Waals surface area contributed by atoms with Crippen molar-refractivity contribution < 1.29 is 14.0 Å². The van der Waals surface area contributed by atoms with E-state index in [1.165, 1.54) is 41.4 Å². The van der Waals surface area contributed by atoms with Crippen molar-refractivity contribution in [2.45, 2.75) is 38.1 Å². The Morgan fingerprint density at radius 1 is 1.00 bits per heavy atom. The van der Waals surface area contributed by atoms with Crippen LogP contribution in [0.2, 0.25) is 0 Å². The summed E-state index contributed by atoms with van der Waals surface area (Å²) in [5, 5.41) is 5.27. The fourth-order valence-corrected chi connectivity index (χ4v) is 4.72. The average Bonchev–Trinajstić information content (AvgIpc) is 2.80. The van der Waals surface area contributed by atoms with Gasteiger partial charge in [-0.25, -0.2) is 4.39 Å². The van der Waals surface area contributed by atoms with Gasteiger partial charge in [0.1, 0.15) is 5.82 Å². The smallest absolute Gasteiger partial charge is 0.313 e. The molecule has 6 nitrogen and oxygen atoms in total. The molecule has 170 valence electrons. The Morgan fingerprint density at radius 2 is 1.81 bits per heavy atom. The first-order valence-electron chi connectivity index (χ1n) is 11.4. The molecule has 0 spiro atoms. The molecule has 0 unspecified atom stereocenters. The molecule has 0 aliphatic carbocycles. The molecule has 2 aliphatic rings. The molecule has 7 heteroatoms. The van der Waals surface area contributed by atoms with Gasteiger partial charge >= 0.3 is 11.8 Å². The third kappa shape index (κ3) is 5.27. The molecule has 2 aliphatic heterocycles. The molecule has 1 fully saturated rings. The lowest BCUT2D eigenvalue weighted by Gasteiger charge is -2.36. The Balaban J connectivity index is 1.46. The highest BCUT2D eigenvalue weighted by Crippen LogP contribution is 2.31. The predicted octanol–water partition coefficient (Wildman–Crippen LogP) is 3.49. The van der Waals surface area contributed by atoms with Crippen molar-refractivity contribution in [1.29, 1.82) is 0 Å². The van der Waals surface area contributed by atoms with E-state index < -0.39 is 17.6 Å². The van der Waals surface area contributed by atoms with Gasteiger partial charge in [-0.15, -0.1) is 0 Å². The lowest BCUT2D eigenvalue weighted by Crippen LogP contribution is -2.43. The molecule has 0 aromatic heterocycles. The summed E-state index contributed by atoms with van der Waals surface area (Å²) < 4.78 is 13.4. The summed E-state index contributed by atoms with van der Waals surface area (Å²) in [5.41, 5.74) is 4.05. The van der Waals surface area contributed by atoms with E-state index in [2.05, 4.69) is 45.7 Å². The van der Waals surface area contributed by atoms with Crippen LogP contribution in [0.5, 0.6) is 0 Å². The van der Waals surface area contributed by atoms with E-state index in [4.69, 9.17) is 0 Å². The van der Waals surface area contributed by atoms with Gasteiger partial charge < -0.3 is 15.5 Å². The van der Waals surface area contributed by atoms with E-state index in [0.29, 0.717) is 6.54 Å². The van der Waals surface area contributed by atoms with Crippen LogP contribution in [-0.4, -0.2) is 49.9 Å². The topological polar surface area (TPSA) is 64.7 Å². The van der Waals surface area contributed by atoms with Crippen molar-refractivity contribution >= 4 is 23.2 Å². The van der Waals surface area contributed by atoms with Crippen LogP contribution in [0.3, 0.4) is 0 Å². The average molecular weight is 439 g/mol. The van der Waals surface area contributed by atoms with Crippen LogP contribution in [0.4, 0.5) is 15.8 Å². The number of hydrogen-bond donors (Lipinski definition) is 2. The van der Waals surface area contributed by atoms with Crippen molar-refractivity contribution in [3.63, 3.8) is 0 Å². The number of hydrogen-bond acceptors (Lipinski definition) is 4. The number of carbonyl (C=O) groups excluding carboxylic acids is 2.